The maximum absolute atomic E-state index is 10.5. The van der Waals surface area contributed by atoms with E-state index in [1.807, 2.05) is 24.4 Å². The average molecular weight is 479 g/mol. The van der Waals surface area contributed by atoms with Crippen LogP contribution in [0.5, 0.6) is 0 Å². The third-order valence-corrected chi connectivity index (χ3v) is 4.49. The summed E-state index contributed by atoms with van der Waals surface area (Å²) in [5, 5.41) is 22.7. The van der Waals surface area contributed by atoms with Crippen LogP contribution in [0.15, 0.2) is 27.0 Å². The summed E-state index contributed by atoms with van der Waals surface area (Å²) in [5.74, 6) is 2.00. The lowest BCUT2D eigenvalue weighted by Crippen LogP contribution is -2.39. The smallest absolute Gasteiger partial charge is 0.226 e. The molecular formula is C16H26IN5O2S. The van der Waals surface area contributed by atoms with Crippen LogP contribution in [0.4, 0.5) is 0 Å². The number of aliphatic imine (C=N–C) groups is 1. The Morgan fingerprint density at radius 3 is 2.84 bits per heavy atom. The van der Waals surface area contributed by atoms with E-state index in [1.54, 1.807) is 13.8 Å². The highest BCUT2D eigenvalue weighted by Crippen LogP contribution is 2.25. The minimum atomic E-state index is -0.961. The van der Waals surface area contributed by atoms with Crippen LogP contribution in [0.25, 0.3) is 0 Å². The SMILES string of the molecule is CCNC(=NCC(C)(O)c1cccs1)NCCCc1nc(C)no1.I. The van der Waals surface area contributed by atoms with E-state index in [1.165, 1.54) is 11.3 Å². The number of rotatable bonds is 8. The molecule has 0 aliphatic heterocycles. The largest absolute Gasteiger partial charge is 0.383 e. The number of aryl methyl sites for hydroxylation is 2. The van der Waals surface area contributed by atoms with Gasteiger partial charge in [-0.25, -0.2) is 4.99 Å². The van der Waals surface area contributed by atoms with Gasteiger partial charge in [0.05, 0.1) is 6.54 Å². The zero-order valence-electron chi connectivity index (χ0n) is 14.8. The highest BCUT2D eigenvalue weighted by molar-refractivity contribution is 14.0. The fourth-order valence-electron chi connectivity index (χ4n) is 2.13. The van der Waals surface area contributed by atoms with Gasteiger partial charge in [0.25, 0.3) is 0 Å². The van der Waals surface area contributed by atoms with Crippen LogP contribution in [0.2, 0.25) is 0 Å². The number of hydrogen-bond donors (Lipinski definition) is 3. The molecule has 0 aliphatic rings. The molecule has 0 amide bonds. The number of hydrogen-bond acceptors (Lipinski definition) is 6. The first-order valence-electron chi connectivity index (χ1n) is 8.09. The summed E-state index contributed by atoms with van der Waals surface area (Å²) >= 11 is 1.53. The van der Waals surface area contributed by atoms with Gasteiger partial charge in [-0.1, -0.05) is 11.2 Å². The molecule has 2 aromatic rings. The molecule has 2 aromatic heterocycles. The Morgan fingerprint density at radius 1 is 1.44 bits per heavy atom. The lowest BCUT2D eigenvalue weighted by atomic mass is 10.1. The van der Waals surface area contributed by atoms with Gasteiger partial charge >= 0.3 is 0 Å². The van der Waals surface area contributed by atoms with Gasteiger partial charge in [0, 0.05) is 24.4 Å². The number of nitrogens with one attached hydrogen (secondary N) is 2. The Kier molecular flexibility index (Phi) is 9.36. The van der Waals surface area contributed by atoms with E-state index >= 15 is 0 Å². The summed E-state index contributed by atoms with van der Waals surface area (Å²) in [5.41, 5.74) is -0.961. The van der Waals surface area contributed by atoms with Gasteiger partial charge in [0.15, 0.2) is 11.8 Å². The molecule has 0 aromatic carbocycles. The second-order valence-electron chi connectivity index (χ2n) is 5.71. The second-order valence-corrected chi connectivity index (χ2v) is 6.66. The van der Waals surface area contributed by atoms with Crippen LogP contribution >= 0.6 is 35.3 Å². The molecule has 0 radical (unpaired) electrons. The quantitative estimate of drug-likeness (QED) is 0.233. The van der Waals surface area contributed by atoms with Crippen molar-refractivity contribution in [2.24, 2.45) is 4.99 Å². The van der Waals surface area contributed by atoms with Gasteiger partial charge in [0.1, 0.15) is 5.60 Å². The number of thiophene rings is 1. The molecule has 0 spiro atoms. The van der Waals surface area contributed by atoms with Crippen molar-refractivity contribution in [2.45, 2.75) is 39.2 Å². The molecule has 0 saturated carbocycles. The van der Waals surface area contributed by atoms with Gasteiger partial charge in [-0.05, 0) is 38.6 Å². The molecule has 0 saturated heterocycles. The Labute approximate surface area is 169 Å². The van der Waals surface area contributed by atoms with Gasteiger partial charge in [-0.15, -0.1) is 35.3 Å². The van der Waals surface area contributed by atoms with Crippen molar-refractivity contribution in [1.29, 1.82) is 0 Å². The van der Waals surface area contributed by atoms with Gasteiger partial charge in [0.2, 0.25) is 5.89 Å². The zero-order chi connectivity index (χ0) is 17.4. The fraction of sp³-hybridized carbons (Fsp3) is 0.562. The van der Waals surface area contributed by atoms with Crippen LogP contribution in [-0.4, -0.2) is 40.8 Å². The maximum Gasteiger partial charge on any atom is 0.226 e. The topological polar surface area (TPSA) is 95.6 Å². The lowest BCUT2D eigenvalue weighted by molar-refractivity contribution is 0.0711. The van der Waals surface area contributed by atoms with E-state index in [0.29, 0.717) is 24.2 Å². The normalized spacial score (nSPS) is 13.8. The summed E-state index contributed by atoms with van der Waals surface area (Å²) in [6, 6.07) is 3.85. The van der Waals surface area contributed by atoms with Crippen molar-refractivity contribution in [2.75, 3.05) is 19.6 Å². The third-order valence-electron chi connectivity index (χ3n) is 3.37. The van der Waals surface area contributed by atoms with Crippen molar-refractivity contribution in [3.8, 4) is 0 Å². The first kappa shape index (κ1) is 21.8. The number of aromatic nitrogens is 2. The molecule has 140 valence electrons. The van der Waals surface area contributed by atoms with Gasteiger partial charge < -0.3 is 20.3 Å². The van der Waals surface area contributed by atoms with Crippen molar-refractivity contribution in [1.82, 2.24) is 20.8 Å². The molecule has 25 heavy (non-hydrogen) atoms. The summed E-state index contributed by atoms with van der Waals surface area (Å²) in [7, 11) is 0. The fourth-order valence-corrected chi connectivity index (χ4v) is 2.90. The van der Waals surface area contributed by atoms with E-state index in [4.69, 9.17) is 4.52 Å². The minimum absolute atomic E-state index is 0. The third kappa shape index (κ3) is 7.28. The molecule has 0 fully saturated rings. The standard InChI is InChI=1S/C16H25N5O2S.HI/c1-4-17-15(18-9-5-8-14-20-12(2)21-23-14)19-11-16(3,22)13-7-6-10-24-13;/h6-7,10,22H,4-5,8-9,11H2,1-3H3,(H2,17,18,19);1H. The zero-order valence-corrected chi connectivity index (χ0v) is 17.9. The molecule has 1 atom stereocenters. The van der Waals surface area contributed by atoms with E-state index in [0.717, 1.165) is 30.8 Å². The minimum Gasteiger partial charge on any atom is -0.383 e. The predicted molar refractivity (Wildman–Crippen MR) is 111 cm³/mol. The first-order valence-corrected chi connectivity index (χ1v) is 8.97. The molecule has 2 heterocycles. The van der Waals surface area contributed by atoms with E-state index in [-0.39, 0.29) is 24.0 Å². The highest BCUT2D eigenvalue weighted by atomic mass is 127. The molecule has 9 heteroatoms. The molecule has 1 unspecified atom stereocenters. The van der Waals surface area contributed by atoms with Crippen molar-refractivity contribution in [3.63, 3.8) is 0 Å². The number of guanidine groups is 1. The van der Waals surface area contributed by atoms with Crippen molar-refractivity contribution >= 4 is 41.3 Å². The van der Waals surface area contributed by atoms with Crippen LogP contribution in [0.1, 0.15) is 36.9 Å². The molecule has 0 bridgehead atoms. The number of aliphatic hydroxyl groups is 1. The second kappa shape index (κ2) is 10.7. The predicted octanol–water partition coefficient (Wildman–Crippen LogP) is 2.45. The first-order chi connectivity index (χ1) is 11.5. The van der Waals surface area contributed by atoms with Crippen LogP contribution in [0, 0.1) is 6.92 Å². The van der Waals surface area contributed by atoms with Gasteiger partial charge in [-0.3, -0.25) is 0 Å². The summed E-state index contributed by atoms with van der Waals surface area (Å²) < 4.78 is 5.09. The Bertz CT molecular complexity index is 643. The van der Waals surface area contributed by atoms with Crippen molar-refractivity contribution in [3.05, 3.63) is 34.1 Å². The maximum atomic E-state index is 10.5. The van der Waals surface area contributed by atoms with Gasteiger partial charge in [-0.2, -0.15) is 4.98 Å². The molecule has 3 N–H and O–H groups in total. The Morgan fingerprint density at radius 2 is 2.24 bits per heavy atom. The molecule has 2 rings (SSSR count). The Hall–Kier alpha value is -1.20. The van der Waals surface area contributed by atoms with Crippen molar-refractivity contribution < 1.29 is 9.63 Å². The van der Waals surface area contributed by atoms with Crippen LogP contribution in [-0.2, 0) is 12.0 Å². The van der Waals surface area contributed by atoms with E-state index in [9.17, 15) is 5.11 Å². The summed E-state index contributed by atoms with van der Waals surface area (Å²) in [4.78, 5) is 9.58. The summed E-state index contributed by atoms with van der Waals surface area (Å²) in [6.07, 6.45) is 1.58. The van der Waals surface area contributed by atoms with E-state index in [2.05, 4.69) is 25.8 Å². The summed E-state index contributed by atoms with van der Waals surface area (Å²) in [6.45, 7) is 7.39. The molecule has 0 aliphatic carbocycles. The Balaban J connectivity index is 0.00000312. The molecule has 7 nitrogen and oxygen atoms in total. The monoisotopic (exact) mass is 479 g/mol. The van der Waals surface area contributed by atoms with Crippen LogP contribution < -0.4 is 10.6 Å². The van der Waals surface area contributed by atoms with Crippen LogP contribution in [0.3, 0.4) is 0 Å². The highest BCUT2D eigenvalue weighted by Gasteiger charge is 2.23. The number of nitrogens with zero attached hydrogens (tertiary/aromatic N) is 3. The lowest BCUT2D eigenvalue weighted by Gasteiger charge is -2.20. The number of halogens is 1. The molecular weight excluding hydrogens is 453 g/mol. The average Bonchev–Trinajstić information content (AvgIpc) is 3.21. The van der Waals surface area contributed by atoms with E-state index < -0.39 is 5.60 Å².